The monoisotopic (exact) mass is 222 g/mol. The molecule has 1 heterocycles. The van der Waals surface area contributed by atoms with Gasteiger partial charge >= 0.3 is 0 Å². The van der Waals surface area contributed by atoms with Crippen molar-refractivity contribution >= 4 is 23.2 Å². The summed E-state index contributed by atoms with van der Waals surface area (Å²) in [5, 5.41) is 0. The van der Waals surface area contributed by atoms with Crippen LogP contribution in [0, 0.1) is 5.82 Å². The molecule has 0 spiro atoms. The van der Waals surface area contributed by atoms with E-state index in [-0.39, 0.29) is 30.3 Å². The van der Waals surface area contributed by atoms with E-state index in [2.05, 4.69) is 0 Å². The molecule has 0 saturated carbocycles. The van der Waals surface area contributed by atoms with E-state index in [1.54, 1.807) is 0 Å². The van der Waals surface area contributed by atoms with Crippen molar-refractivity contribution in [3.63, 3.8) is 0 Å². The Bertz CT molecular complexity index is 443. The Labute approximate surface area is 91.8 Å². The Morgan fingerprint density at radius 3 is 2.44 bits per heavy atom. The van der Waals surface area contributed by atoms with Gasteiger partial charge in [-0.1, -0.05) is 0 Å². The van der Waals surface area contributed by atoms with Gasteiger partial charge in [-0.2, -0.15) is 0 Å². The standard InChI is InChI=1S/C11H11FN2O2/c12-8-5-4-7(13)6-9(8)14-10(15)2-1-3-11(14)16/h4-6H,1-3,13H2. The molecular formula is C11H11FN2O2. The fourth-order valence-corrected chi connectivity index (χ4v) is 1.72. The van der Waals surface area contributed by atoms with Crippen molar-refractivity contribution < 1.29 is 14.0 Å². The molecule has 1 saturated heterocycles. The van der Waals surface area contributed by atoms with Crippen molar-refractivity contribution in [1.29, 1.82) is 0 Å². The van der Waals surface area contributed by atoms with Crippen molar-refractivity contribution in [3.05, 3.63) is 24.0 Å². The lowest BCUT2D eigenvalue weighted by molar-refractivity contribution is -0.129. The number of benzene rings is 1. The zero-order valence-corrected chi connectivity index (χ0v) is 8.57. The number of hydrogen-bond donors (Lipinski definition) is 1. The molecule has 1 aromatic carbocycles. The summed E-state index contributed by atoms with van der Waals surface area (Å²) in [4.78, 5) is 24.0. The number of carbonyl (C=O) groups is 2. The maximum atomic E-state index is 13.5. The molecule has 0 bridgehead atoms. The number of rotatable bonds is 1. The van der Waals surface area contributed by atoms with Crippen LogP contribution in [0.3, 0.4) is 0 Å². The maximum absolute atomic E-state index is 13.5. The highest BCUT2D eigenvalue weighted by molar-refractivity contribution is 6.16. The average Bonchev–Trinajstić information content (AvgIpc) is 2.23. The minimum absolute atomic E-state index is 0.0466. The first-order valence-corrected chi connectivity index (χ1v) is 5.00. The first kappa shape index (κ1) is 10.6. The molecule has 1 aromatic rings. The van der Waals surface area contributed by atoms with Crippen LogP contribution in [0.5, 0.6) is 0 Å². The number of imide groups is 1. The van der Waals surface area contributed by atoms with E-state index >= 15 is 0 Å². The maximum Gasteiger partial charge on any atom is 0.233 e. The Morgan fingerprint density at radius 2 is 1.81 bits per heavy atom. The average molecular weight is 222 g/mol. The zero-order chi connectivity index (χ0) is 11.7. The molecule has 4 nitrogen and oxygen atoms in total. The SMILES string of the molecule is Nc1ccc(F)c(N2C(=O)CCCC2=O)c1. The largest absolute Gasteiger partial charge is 0.399 e. The van der Waals surface area contributed by atoms with E-state index in [0.29, 0.717) is 12.1 Å². The summed E-state index contributed by atoms with van der Waals surface area (Å²) >= 11 is 0. The second-order valence-electron chi connectivity index (χ2n) is 3.69. The topological polar surface area (TPSA) is 63.4 Å². The first-order valence-electron chi connectivity index (χ1n) is 5.00. The molecule has 1 aliphatic heterocycles. The van der Waals surface area contributed by atoms with Crippen LogP contribution < -0.4 is 10.6 Å². The van der Waals surface area contributed by atoms with Gasteiger partial charge in [-0.25, -0.2) is 9.29 Å². The van der Waals surface area contributed by atoms with Crippen LogP contribution in [0.1, 0.15) is 19.3 Å². The quantitative estimate of drug-likeness (QED) is 0.577. The summed E-state index contributed by atoms with van der Waals surface area (Å²) < 4.78 is 13.5. The summed E-state index contributed by atoms with van der Waals surface area (Å²) in [7, 11) is 0. The van der Waals surface area contributed by atoms with Crippen LogP contribution in [0.25, 0.3) is 0 Å². The summed E-state index contributed by atoms with van der Waals surface area (Å²) in [5.41, 5.74) is 5.78. The molecule has 2 amide bonds. The van der Waals surface area contributed by atoms with Crippen LogP contribution in [0.2, 0.25) is 0 Å². The Morgan fingerprint density at radius 1 is 1.19 bits per heavy atom. The van der Waals surface area contributed by atoms with Crippen molar-refractivity contribution in [1.82, 2.24) is 0 Å². The molecule has 0 unspecified atom stereocenters. The lowest BCUT2D eigenvalue weighted by Crippen LogP contribution is -2.40. The highest BCUT2D eigenvalue weighted by Gasteiger charge is 2.29. The molecule has 2 rings (SSSR count). The van der Waals surface area contributed by atoms with E-state index in [0.717, 1.165) is 11.0 Å². The molecule has 16 heavy (non-hydrogen) atoms. The molecule has 0 aliphatic carbocycles. The molecule has 0 aromatic heterocycles. The summed E-state index contributed by atoms with van der Waals surface area (Å²) in [6.45, 7) is 0. The van der Waals surface area contributed by atoms with Crippen LogP contribution in [-0.4, -0.2) is 11.8 Å². The molecule has 84 valence electrons. The second-order valence-corrected chi connectivity index (χ2v) is 3.69. The van der Waals surface area contributed by atoms with Crippen LogP contribution >= 0.6 is 0 Å². The third kappa shape index (κ3) is 1.76. The number of piperidine rings is 1. The van der Waals surface area contributed by atoms with Crippen LogP contribution in [-0.2, 0) is 9.59 Å². The molecule has 0 atom stereocenters. The number of anilines is 2. The number of carbonyl (C=O) groups excluding carboxylic acids is 2. The number of nitrogen functional groups attached to an aromatic ring is 1. The van der Waals surface area contributed by atoms with Crippen LogP contribution in [0.15, 0.2) is 18.2 Å². The van der Waals surface area contributed by atoms with Gasteiger partial charge in [0.1, 0.15) is 5.82 Å². The highest BCUT2D eigenvalue weighted by atomic mass is 19.1. The van der Waals surface area contributed by atoms with E-state index in [1.807, 2.05) is 0 Å². The van der Waals surface area contributed by atoms with Gasteiger partial charge in [0.25, 0.3) is 0 Å². The molecule has 0 radical (unpaired) electrons. The Kier molecular flexibility index (Phi) is 2.60. The number of amides is 2. The minimum Gasteiger partial charge on any atom is -0.399 e. The van der Waals surface area contributed by atoms with Gasteiger partial charge in [0.15, 0.2) is 0 Å². The number of halogens is 1. The van der Waals surface area contributed by atoms with Crippen LogP contribution in [0.4, 0.5) is 15.8 Å². The van der Waals surface area contributed by atoms with Gasteiger partial charge in [0, 0.05) is 18.5 Å². The summed E-state index contributed by atoms with van der Waals surface area (Å²) in [6.07, 6.45) is 1.05. The molecule has 2 N–H and O–H groups in total. The lowest BCUT2D eigenvalue weighted by atomic mass is 10.1. The molecular weight excluding hydrogens is 211 g/mol. The molecule has 1 aliphatic rings. The normalized spacial score (nSPS) is 16.7. The smallest absolute Gasteiger partial charge is 0.233 e. The lowest BCUT2D eigenvalue weighted by Gasteiger charge is -2.25. The molecule has 5 heteroatoms. The van der Waals surface area contributed by atoms with E-state index in [4.69, 9.17) is 5.73 Å². The van der Waals surface area contributed by atoms with Crippen molar-refractivity contribution in [2.24, 2.45) is 0 Å². The number of nitrogens with zero attached hydrogens (tertiary/aromatic N) is 1. The van der Waals surface area contributed by atoms with E-state index < -0.39 is 5.82 Å². The summed E-state index contributed by atoms with van der Waals surface area (Å²) in [6, 6.07) is 3.84. The van der Waals surface area contributed by atoms with E-state index in [1.165, 1.54) is 12.1 Å². The Balaban J connectivity index is 2.45. The number of hydrogen-bond acceptors (Lipinski definition) is 3. The second kappa shape index (κ2) is 3.92. The third-order valence-corrected chi connectivity index (χ3v) is 2.49. The van der Waals surface area contributed by atoms with Crippen molar-refractivity contribution in [2.45, 2.75) is 19.3 Å². The Hall–Kier alpha value is -1.91. The fraction of sp³-hybridized carbons (Fsp3) is 0.273. The van der Waals surface area contributed by atoms with Gasteiger partial charge in [-0.3, -0.25) is 9.59 Å². The third-order valence-electron chi connectivity index (χ3n) is 2.49. The van der Waals surface area contributed by atoms with Crippen molar-refractivity contribution in [3.8, 4) is 0 Å². The van der Waals surface area contributed by atoms with Gasteiger partial charge in [0.05, 0.1) is 5.69 Å². The zero-order valence-electron chi connectivity index (χ0n) is 8.57. The van der Waals surface area contributed by atoms with Gasteiger partial charge in [0.2, 0.25) is 11.8 Å². The minimum atomic E-state index is -0.613. The van der Waals surface area contributed by atoms with E-state index in [9.17, 15) is 14.0 Å². The van der Waals surface area contributed by atoms with Gasteiger partial charge < -0.3 is 5.73 Å². The van der Waals surface area contributed by atoms with Gasteiger partial charge in [-0.05, 0) is 24.6 Å². The summed E-state index contributed by atoms with van der Waals surface area (Å²) in [5.74, 6) is -1.36. The van der Waals surface area contributed by atoms with Gasteiger partial charge in [-0.15, -0.1) is 0 Å². The predicted octanol–water partition coefficient (Wildman–Crippen LogP) is 1.45. The predicted molar refractivity (Wildman–Crippen MR) is 57.2 cm³/mol. The highest BCUT2D eigenvalue weighted by Crippen LogP contribution is 2.26. The fourth-order valence-electron chi connectivity index (χ4n) is 1.72. The first-order chi connectivity index (χ1) is 7.59. The number of nitrogens with two attached hydrogens (primary N) is 1. The molecule has 1 fully saturated rings. The van der Waals surface area contributed by atoms with Crippen molar-refractivity contribution in [2.75, 3.05) is 10.6 Å².